The molecule has 0 spiro atoms. The second kappa shape index (κ2) is 7.81. The number of hydrogen-bond donors (Lipinski definition) is 1. The van der Waals surface area contributed by atoms with E-state index in [2.05, 4.69) is 43.4 Å². The van der Waals surface area contributed by atoms with Crippen LogP contribution in [0.5, 0.6) is 0 Å². The van der Waals surface area contributed by atoms with Crippen molar-refractivity contribution in [3.8, 4) is 0 Å². The number of aromatic nitrogens is 2. The van der Waals surface area contributed by atoms with Crippen molar-refractivity contribution in [3.63, 3.8) is 0 Å². The van der Waals surface area contributed by atoms with Gasteiger partial charge in [0.15, 0.2) is 5.69 Å². The first-order valence-electron chi connectivity index (χ1n) is 9.27. The van der Waals surface area contributed by atoms with Gasteiger partial charge in [-0.25, -0.2) is 0 Å². The van der Waals surface area contributed by atoms with E-state index in [1.54, 1.807) is 10.9 Å². The molecule has 2 aliphatic rings. The maximum Gasteiger partial charge on any atom is 0.275 e. The van der Waals surface area contributed by atoms with Gasteiger partial charge in [0.1, 0.15) is 0 Å². The van der Waals surface area contributed by atoms with Crippen molar-refractivity contribution in [2.75, 3.05) is 44.6 Å². The number of nitrogens with zero attached hydrogens (tertiary/aromatic N) is 4. The Bertz CT molecular complexity index is 860. The van der Waals surface area contributed by atoms with Crippen molar-refractivity contribution >= 4 is 39.1 Å². The first kappa shape index (κ1) is 18.8. The second-order valence-corrected chi connectivity index (χ2v) is 8.42. The zero-order valence-corrected chi connectivity index (χ0v) is 17.7. The number of hydrogen-bond acceptors (Lipinski definition) is 4. The summed E-state index contributed by atoms with van der Waals surface area (Å²) in [6, 6.07) is 4.30. The fourth-order valence-corrected chi connectivity index (χ4v) is 4.57. The number of rotatable bonds is 4. The summed E-state index contributed by atoms with van der Waals surface area (Å²) < 4.78 is 2.40. The van der Waals surface area contributed by atoms with Crippen molar-refractivity contribution in [1.29, 1.82) is 0 Å². The molecule has 1 aromatic heterocycles. The normalized spacial score (nSPS) is 17.1. The van der Waals surface area contributed by atoms with Gasteiger partial charge in [0.05, 0.1) is 4.47 Å². The molecule has 0 aliphatic carbocycles. The van der Waals surface area contributed by atoms with Crippen molar-refractivity contribution < 1.29 is 4.79 Å². The van der Waals surface area contributed by atoms with E-state index in [1.807, 2.05) is 11.9 Å². The fourth-order valence-electron chi connectivity index (χ4n) is 3.77. The molecule has 6 nitrogen and oxygen atoms in total. The highest BCUT2D eigenvalue weighted by Crippen LogP contribution is 2.29. The lowest BCUT2D eigenvalue weighted by atomic mass is 10.1. The molecule has 2 aromatic rings. The maximum absolute atomic E-state index is 12.7. The topological polar surface area (TPSA) is 53.4 Å². The molecule has 1 amide bonds. The van der Waals surface area contributed by atoms with E-state index < -0.39 is 0 Å². The van der Waals surface area contributed by atoms with Crippen LogP contribution in [0.25, 0.3) is 0 Å². The Hall–Kier alpha value is -1.57. The zero-order chi connectivity index (χ0) is 19.0. The largest absolute Gasteiger partial charge is 0.384 e. The average Bonchev–Trinajstić information content (AvgIpc) is 3.24. The monoisotopic (exact) mass is 451 g/mol. The molecule has 144 valence electrons. The molecular weight excluding hydrogens is 430 g/mol. The molecule has 0 bridgehead atoms. The SMILES string of the molecule is Cn1cc(Br)c(C(=O)N2CCN(CCc3cc4c(cc3Cl)NCC4)CC2)n1. The number of nitrogens with one attached hydrogen (secondary N) is 1. The minimum atomic E-state index is -0.00343. The van der Waals surface area contributed by atoms with Gasteiger partial charge in [0.2, 0.25) is 0 Å². The van der Waals surface area contributed by atoms with E-state index in [-0.39, 0.29) is 5.91 Å². The Kier molecular flexibility index (Phi) is 5.43. The number of anilines is 1. The maximum atomic E-state index is 12.7. The summed E-state index contributed by atoms with van der Waals surface area (Å²) in [4.78, 5) is 16.9. The molecular formula is C19H23BrClN5O. The lowest BCUT2D eigenvalue weighted by Gasteiger charge is -2.34. The summed E-state index contributed by atoms with van der Waals surface area (Å²) in [5, 5.41) is 8.47. The number of fused-ring (bicyclic) bond motifs is 1. The highest BCUT2D eigenvalue weighted by molar-refractivity contribution is 9.10. The van der Waals surface area contributed by atoms with Crippen LogP contribution in [0, 0.1) is 0 Å². The lowest BCUT2D eigenvalue weighted by Crippen LogP contribution is -2.49. The van der Waals surface area contributed by atoms with Crippen LogP contribution in [-0.2, 0) is 19.9 Å². The van der Waals surface area contributed by atoms with E-state index in [9.17, 15) is 4.79 Å². The average molecular weight is 453 g/mol. The second-order valence-electron chi connectivity index (χ2n) is 7.16. The molecule has 0 saturated carbocycles. The molecule has 1 aromatic carbocycles. The van der Waals surface area contributed by atoms with E-state index in [1.165, 1.54) is 16.8 Å². The minimum absolute atomic E-state index is 0.00343. The van der Waals surface area contributed by atoms with Gasteiger partial charge >= 0.3 is 0 Å². The molecule has 1 saturated heterocycles. The van der Waals surface area contributed by atoms with Crippen LogP contribution in [0.2, 0.25) is 5.02 Å². The quantitative estimate of drug-likeness (QED) is 0.775. The van der Waals surface area contributed by atoms with Crippen LogP contribution in [0.3, 0.4) is 0 Å². The van der Waals surface area contributed by atoms with E-state index in [4.69, 9.17) is 11.6 Å². The van der Waals surface area contributed by atoms with Crippen LogP contribution in [0.1, 0.15) is 21.6 Å². The number of piperazine rings is 1. The van der Waals surface area contributed by atoms with E-state index in [0.717, 1.165) is 61.6 Å². The zero-order valence-electron chi connectivity index (χ0n) is 15.3. The van der Waals surface area contributed by atoms with Gasteiger partial charge in [-0.15, -0.1) is 0 Å². The molecule has 3 heterocycles. The minimum Gasteiger partial charge on any atom is -0.384 e. The van der Waals surface area contributed by atoms with E-state index in [0.29, 0.717) is 5.69 Å². The molecule has 27 heavy (non-hydrogen) atoms. The third-order valence-electron chi connectivity index (χ3n) is 5.33. The Morgan fingerprint density at radius 2 is 2.07 bits per heavy atom. The Labute approximate surface area is 172 Å². The van der Waals surface area contributed by atoms with Crippen LogP contribution in [0.4, 0.5) is 5.69 Å². The number of aryl methyl sites for hydroxylation is 1. The summed E-state index contributed by atoms with van der Waals surface area (Å²) >= 11 is 9.87. The summed E-state index contributed by atoms with van der Waals surface area (Å²) in [5.74, 6) is -0.00343. The Morgan fingerprint density at radius 1 is 1.30 bits per heavy atom. The number of carbonyl (C=O) groups is 1. The molecule has 1 fully saturated rings. The van der Waals surface area contributed by atoms with Gasteiger partial charge in [0.25, 0.3) is 5.91 Å². The lowest BCUT2D eigenvalue weighted by molar-refractivity contribution is 0.0631. The fraction of sp³-hybridized carbons (Fsp3) is 0.474. The Balaban J connectivity index is 1.31. The van der Waals surface area contributed by atoms with Gasteiger partial charge in [-0.1, -0.05) is 17.7 Å². The van der Waals surface area contributed by atoms with Crippen molar-refractivity contribution in [2.24, 2.45) is 7.05 Å². The number of amides is 1. The Morgan fingerprint density at radius 3 is 2.78 bits per heavy atom. The molecule has 0 radical (unpaired) electrons. The number of halogens is 2. The van der Waals surface area contributed by atoms with Crippen molar-refractivity contribution in [3.05, 3.63) is 44.6 Å². The van der Waals surface area contributed by atoms with Gasteiger partial charge in [0, 0.05) is 63.2 Å². The van der Waals surface area contributed by atoms with E-state index >= 15 is 0 Å². The number of benzene rings is 1. The molecule has 8 heteroatoms. The summed E-state index contributed by atoms with van der Waals surface area (Å²) in [7, 11) is 1.82. The van der Waals surface area contributed by atoms with Crippen molar-refractivity contribution in [2.45, 2.75) is 12.8 Å². The van der Waals surface area contributed by atoms with Crippen LogP contribution >= 0.6 is 27.5 Å². The van der Waals surface area contributed by atoms with Crippen LogP contribution in [-0.4, -0.2) is 64.8 Å². The third kappa shape index (κ3) is 4.00. The van der Waals surface area contributed by atoms with Crippen LogP contribution < -0.4 is 5.32 Å². The standard InChI is InChI=1S/C19H23BrClN5O/c1-24-12-15(20)18(23-24)19(27)26-8-6-25(7-9-26)5-3-13-10-14-2-4-22-17(14)11-16(13)21/h10-12,22H,2-9H2,1H3. The molecule has 0 unspecified atom stereocenters. The predicted molar refractivity (Wildman–Crippen MR) is 111 cm³/mol. The summed E-state index contributed by atoms with van der Waals surface area (Å²) in [6.07, 6.45) is 3.81. The highest BCUT2D eigenvalue weighted by atomic mass is 79.9. The van der Waals surface area contributed by atoms with Gasteiger partial charge in [-0.05, 0) is 46.0 Å². The third-order valence-corrected chi connectivity index (χ3v) is 6.26. The smallest absolute Gasteiger partial charge is 0.275 e. The molecule has 2 aliphatic heterocycles. The van der Waals surface area contributed by atoms with Crippen LogP contribution in [0.15, 0.2) is 22.8 Å². The molecule has 1 N–H and O–H groups in total. The highest BCUT2D eigenvalue weighted by Gasteiger charge is 2.25. The molecule has 0 atom stereocenters. The van der Waals surface area contributed by atoms with Gasteiger partial charge < -0.3 is 10.2 Å². The summed E-state index contributed by atoms with van der Waals surface area (Å²) in [5.41, 5.74) is 4.25. The molecule has 4 rings (SSSR count). The van der Waals surface area contributed by atoms with Gasteiger partial charge in [-0.2, -0.15) is 5.10 Å². The van der Waals surface area contributed by atoms with Crippen molar-refractivity contribution in [1.82, 2.24) is 19.6 Å². The number of carbonyl (C=O) groups excluding carboxylic acids is 1. The summed E-state index contributed by atoms with van der Waals surface area (Å²) in [6.45, 7) is 5.16. The predicted octanol–water partition coefficient (Wildman–Crippen LogP) is 2.80. The first-order chi connectivity index (χ1) is 13.0. The first-order valence-corrected chi connectivity index (χ1v) is 10.4. The van der Waals surface area contributed by atoms with Gasteiger partial charge in [-0.3, -0.25) is 14.4 Å².